The van der Waals surface area contributed by atoms with Gasteiger partial charge in [-0.2, -0.15) is 0 Å². The predicted molar refractivity (Wildman–Crippen MR) is 163 cm³/mol. The lowest BCUT2D eigenvalue weighted by molar-refractivity contribution is -0.122. The summed E-state index contributed by atoms with van der Waals surface area (Å²) in [5, 5.41) is 6.58. The SMILES string of the molecule is COc1ccc(C(=O)[C@@H]2[C@H](C(=O)Nc3ccc(Cl)cc3)N3c4ccccc4C=C[C@@H]3[C@@]23C(=O)Nc2ccccc23)cc1. The van der Waals surface area contributed by atoms with Crippen molar-refractivity contribution in [2.45, 2.75) is 17.5 Å². The van der Waals surface area contributed by atoms with Gasteiger partial charge < -0.3 is 20.3 Å². The van der Waals surface area contributed by atoms with E-state index in [-0.39, 0.29) is 11.7 Å². The Morgan fingerprint density at radius 1 is 0.929 bits per heavy atom. The molecule has 0 radical (unpaired) electrons. The number of hydrogen-bond acceptors (Lipinski definition) is 5. The number of fused-ring (bicyclic) bond motifs is 6. The highest BCUT2D eigenvalue weighted by Crippen LogP contribution is 2.57. The maximum absolute atomic E-state index is 14.8. The van der Waals surface area contributed by atoms with Crippen LogP contribution in [0.1, 0.15) is 21.5 Å². The summed E-state index contributed by atoms with van der Waals surface area (Å²) in [6.45, 7) is 0. The molecule has 2 N–H and O–H groups in total. The van der Waals surface area contributed by atoms with Gasteiger partial charge in [-0.1, -0.05) is 60.2 Å². The Morgan fingerprint density at radius 3 is 2.40 bits per heavy atom. The molecule has 1 spiro atoms. The summed E-state index contributed by atoms with van der Waals surface area (Å²) in [5.74, 6) is -1.48. The number of nitrogens with one attached hydrogen (secondary N) is 2. The second-order valence-electron chi connectivity index (χ2n) is 10.7. The molecule has 42 heavy (non-hydrogen) atoms. The van der Waals surface area contributed by atoms with Crippen molar-refractivity contribution in [1.82, 2.24) is 0 Å². The van der Waals surface area contributed by atoms with Gasteiger partial charge in [0.25, 0.3) is 0 Å². The van der Waals surface area contributed by atoms with Crippen LogP contribution in [0.4, 0.5) is 17.1 Å². The molecule has 1 saturated heterocycles. The quantitative estimate of drug-likeness (QED) is 0.287. The Morgan fingerprint density at radius 2 is 1.64 bits per heavy atom. The van der Waals surface area contributed by atoms with Crippen LogP contribution in [-0.2, 0) is 15.0 Å². The van der Waals surface area contributed by atoms with Crippen LogP contribution in [0.25, 0.3) is 6.08 Å². The number of methoxy groups -OCH3 is 1. The Balaban J connectivity index is 1.47. The van der Waals surface area contributed by atoms with Gasteiger partial charge in [-0.05, 0) is 71.8 Å². The fourth-order valence-electron chi connectivity index (χ4n) is 6.80. The lowest BCUT2D eigenvalue weighted by atomic mass is 9.64. The number of para-hydroxylation sites is 2. The molecule has 208 valence electrons. The van der Waals surface area contributed by atoms with Crippen LogP contribution in [-0.4, -0.2) is 36.8 Å². The van der Waals surface area contributed by atoms with Gasteiger partial charge in [0.1, 0.15) is 17.2 Å². The summed E-state index contributed by atoms with van der Waals surface area (Å²) in [4.78, 5) is 45.5. The van der Waals surface area contributed by atoms with E-state index in [4.69, 9.17) is 16.3 Å². The number of nitrogens with zero attached hydrogens (tertiary/aromatic N) is 1. The van der Waals surface area contributed by atoms with Crippen molar-refractivity contribution in [1.29, 1.82) is 0 Å². The number of rotatable bonds is 5. The van der Waals surface area contributed by atoms with Crippen LogP contribution in [0.15, 0.2) is 103 Å². The van der Waals surface area contributed by atoms with Crippen LogP contribution in [0.2, 0.25) is 5.02 Å². The first-order valence-electron chi connectivity index (χ1n) is 13.6. The molecule has 2 amide bonds. The Kier molecular flexibility index (Phi) is 6.13. The minimum Gasteiger partial charge on any atom is -0.497 e. The number of carbonyl (C=O) groups excluding carboxylic acids is 3. The fourth-order valence-corrected chi connectivity index (χ4v) is 6.93. The number of carbonyl (C=O) groups is 3. The second kappa shape index (κ2) is 9.89. The highest BCUT2D eigenvalue weighted by molar-refractivity contribution is 6.30. The lowest BCUT2D eigenvalue weighted by Gasteiger charge is -2.37. The number of ketones is 1. The van der Waals surface area contributed by atoms with E-state index in [9.17, 15) is 14.4 Å². The van der Waals surface area contributed by atoms with Gasteiger partial charge in [0, 0.05) is 27.6 Å². The third-order valence-corrected chi connectivity index (χ3v) is 8.83. The van der Waals surface area contributed by atoms with Crippen LogP contribution in [0, 0.1) is 5.92 Å². The first-order valence-corrected chi connectivity index (χ1v) is 14.0. The van der Waals surface area contributed by atoms with Crippen LogP contribution >= 0.6 is 11.6 Å². The highest BCUT2D eigenvalue weighted by Gasteiger charge is 2.70. The zero-order valence-electron chi connectivity index (χ0n) is 22.6. The molecular formula is C34H26ClN3O4. The summed E-state index contributed by atoms with van der Waals surface area (Å²) < 4.78 is 5.32. The summed E-state index contributed by atoms with van der Waals surface area (Å²) in [6, 6.07) is 27.1. The van der Waals surface area contributed by atoms with Gasteiger partial charge >= 0.3 is 0 Å². The van der Waals surface area contributed by atoms with Gasteiger partial charge in [-0.25, -0.2) is 0 Å². The Bertz CT molecular complexity index is 1770. The minimum absolute atomic E-state index is 0.305. The van der Waals surface area contributed by atoms with E-state index in [2.05, 4.69) is 10.6 Å². The minimum atomic E-state index is -1.38. The summed E-state index contributed by atoms with van der Waals surface area (Å²) in [7, 11) is 1.56. The summed E-state index contributed by atoms with van der Waals surface area (Å²) in [6.07, 6.45) is 3.93. The van der Waals surface area contributed by atoms with Crippen molar-refractivity contribution in [2.24, 2.45) is 5.92 Å². The molecule has 1 fully saturated rings. The van der Waals surface area contributed by atoms with E-state index in [1.807, 2.05) is 65.6 Å². The largest absolute Gasteiger partial charge is 0.497 e. The van der Waals surface area contributed by atoms with E-state index >= 15 is 0 Å². The highest BCUT2D eigenvalue weighted by atomic mass is 35.5. The molecule has 7 nitrogen and oxygen atoms in total. The molecule has 8 heteroatoms. The molecule has 7 rings (SSSR count). The van der Waals surface area contributed by atoms with Crippen molar-refractivity contribution in [3.63, 3.8) is 0 Å². The molecule has 4 aromatic rings. The van der Waals surface area contributed by atoms with Crippen LogP contribution < -0.4 is 20.3 Å². The molecule has 0 bridgehead atoms. The molecular weight excluding hydrogens is 550 g/mol. The van der Waals surface area contributed by atoms with E-state index < -0.39 is 29.3 Å². The van der Waals surface area contributed by atoms with E-state index in [1.54, 1.807) is 55.6 Å². The van der Waals surface area contributed by atoms with Gasteiger partial charge in [-0.3, -0.25) is 14.4 Å². The molecule has 3 aliphatic heterocycles. The van der Waals surface area contributed by atoms with Crippen molar-refractivity contribution < 1.29 is 19.1 Å². The topological polar surface area (TPSA) is 87.7 Å². The van der Waals surface area contributed by atoms with Crippen molar-refractivity contribution in [3.8, 4) is 5.75 Å². The normalized spacial score (nSPS) is 23.1. The Labute approximate surface area is 247 Å². The number of ether oxygens (including phenoxy) is 1. The fraction of sp³-hybridized carbons (Fsp3) is 0.147. The zero-order valence-corrected chi connectivity index (χ0v) is 23.3. The third-order valence-electron chi connectivity index (χ3n) is 8.58. The Hall–Kier alpha value is -4.88. The second-order valence-corrected chi connectivity index (χ2v) is 11.1. The molecule has 3 heterocycles. The van der Waals surface area contributed by atoms with E-state index in [0.717, 1.165) is 11.3 Å². The average Bonchev–Trinajstić information content (AvgIpc) is 3.50. The van der Waals surface area contributed by atoms with Crippen molar-refractivity contribution in [3.05, 3.63) is 125 Å². The van der Waals surface area contributed by atoms with Crippen molar-refractivity contribution >= 4 is 52.3 Å². The maximum Gasteiger partial charge on any atom is 0.247 e. The molecule has 4 aromatic carbocycles. The molecule has 3 aliphatic rings. The van der Waals surface area contributed by atoms with Crippen LogP contribution in [0.3, 0.4) is 0 Å². The number of halogens is 1. The maximum atomic E-state index is 14.8. The van der Waals surface area contributed by atoms with Gasteiger partial charge in [0.2, 0.25) is 11.8 Å². The number of anilines is 3. The van der Waals surface area contributed by atoms with Gasteiger partial charge in [0.15, 0.2) is 5.78 Å². The zero-order chi connectivity index (χ0) is 29.0. The number of hydrogen-bond donors (Lipinski definition) is 2. The van der Waals surface area contributed by atoms with Gasteiger partial charge in [0.05, 0.1) is 19.1 Å². The molecule has 0 saturated carbocycles. The monoisotopic (exact) mass is 575 g/mol. The van der Waals surface area contributed by atoms with Crippen molar-refractivity contribution in [2.75, 3.05) is 22.6 Å². The van der Waals surface area contributed by atoms with E-state index in [0.29, 0.717) is 33.3 Å². The van der Waals surface area contributed by atoms with Gasteiger partial charge in [-0.15, -0.1) is 0 Å². The molecule has 0 aliphatic carbocycles. The first-order chi connectivity index (χ1) is 20.4. The number of amides is 2. The third kappa shape index (κ3) is 3.77. The number of Topliss-reactive ketones (excluding diaryl/α,β-unsaturated/α-hetero) is 1. The molecule has 0 aromatic heterocycles. The summed E-state index contributed by atoms with van der Waals surface area (Å²) in [5.41, 5.74) is 2.57. The standard InChI is InChI=1S/C34H26ClN3O4/c1-42-24-17-10-21(11-18-24)31(39)29-30(32(40)36-23-15-13-22(35)14-16-23)38-27-9-5-2-6-20(27)12-19-28(38)34(29)25-7-3-4-8-26(25)37-33(34)41/h2-19,28-30H,1H3,(H,36,40)(H,37,41)/t28-,29+,30-,34-/m1/s1. The first kappa shape index (κ1) is 26.0. The number of benzene rings is 4. The van der Waals surface area contributed by atoms with E-state index in [1.165, 1.54) is 0 Å². The lowest BCUT2D eigenvalue weighted by Crippen LogP contribution is -2.51. The molecule has 4 atom stereocenters. The van der Waals surface area contributed by atoms with Crippen LogP contribution in [0.5, 0.6) is 5.75 Å². The molecule has 0 unspecified atom stereocenters. The summed E-state index contributed by atoms with van der Waals surface area (Å²) >= 11 is 6.10. The average molecular weight is 576 g/mol. The predicted octanol–water partition coefficient (Wildman–Crippen LogP) is 5.96. The smallest absolute Gasteiger partial charge is 0.247 e.